The van der Waals surface area contributed by atoms with Gasteiger partial charge in [-0.2, -0.15) is 8.42 Å². The maximum atomic E-state index is 11.8. The van der Waals surface area contributed by atoms with Gasteiger partial charge in [-0.3, -0.25) is 0 Å². The molecule has 0 aliphatic carbocycles. The Hall–Kier alpha value is -1.82. The minimum atomic E-state index is -4.00. The molecule has 0 aliphatic rings. The molecule has 1 rings (SSSR count). The molecule has 0 saturated carbocycles. The van der Waals surface area contributed by atoms with Gasteiger partial charge in [0, 0.05) is 0 Å². The van der Waals surface area contributed by atoms with E-state index in [4.69, 9.17) is 0 Å². The number of carbonyl (C=O) groups is 1. The van der Waals surface area contributed by atoms with Crippen LogP contribution in [0.5, 0.6) is 0 Å². The molecule has 0 unspecified atom stereocenters. The number of hydrogen-bond donors (Lipinski definition) is 0. The lowest BCUT2D eigenvalue weighted by atomic mass is 10.2. The van der Waals surface area contributed by atoms with Crippen LogP contribution in [0.1, 0.15) is 17.3 Å². The summed E-state index contributed by atoms with van der Waals surface area (Å²) in [4.78, 5) is 11.2. The summed E-state index contributed by atoms with van der Waals surface area (Å²) < 4.78 is 32.6. The molecule has 0 aliphatic heterocycles. The first kappa shape index (κ1) is 13.2. The average molecular weight is 256 g/mol. The van der Waals surface area contributed by atoms with Gasteiger partial charge in [0.2, 0.25) is 0 Å². The van der Waals surface area contributed by atoms with Gasteiger partial charge >= 0.3 is 16.1 Å². The topological polar surface area (TPSA) is 69.7 Å². The van der Waals surface area contributed by atoms with Gasteiger partial charge in [-0.05, 0) is 19.1 Å². The van der Waals surface area contributed by atoms with Gasteiger partial charge in [0.25, 0.3) is 0 Å². The van der Waals surface area contributed by atoms with E-state index >= 15 is 0 Å². The van der Waals surface area contributed by atoms with Crippen molar-refractivity contribution in [3.63, 3.8) is 0 Å². The van der Waals surface area contributed by atoms with Crippen molar-refractivity contribution in [2.24, 2.45) is 0 Å². The fraction of sp³-hybridized carbons (Fsp3) is 0.182. The predicted octanol–water partition coefficient (Wildman–Crippen LogP) is 1.71. The number of ether oxygens (including phenoxy) is 1. The van der Waals surface area contributed by atoms with E-state index in [2.05, 4.69) is 8.92 Å². The van der Waals surface area contributed by atoms with Crippen LogP contribution in [0.15, 0.2) is 41.5 Å². The smallest absolute Gasteiger partial charge is 0.339 e. The van der Waals surface area contributed by atoms with E-state index < -0.39 is 16.1 Å². The zero-order valence-corrected chi connectivity index (χ0v) is 10.2. The van der Waals surface area contributed by atoms with Crippen LogP contribution in [0.2, 0.25) is 0 Å². The molecule has 0 amide bonds. The predicted molar refractivity (Wildman–Crippen MR) is 60.9 cm³/mol. The summed E-state index contributed by atoms with van der Waals surface area (Å²) in [7, 11) is -2.82. The second-order valence-corrected chi connectivity index (χ2v) is 4.55. The molecule has 0 atom stereocenters. The van der Waals surface area contributed by atoms with Crippen molar-refractivity contribution >= 4 is 16.1 Å². The Morgan fingerprint density at radius 1 is 1.29 bits per heavy atom. The lowest BCUT2D eigenvalue weighted by molar-refractivity contribution is 0.0596. The lowest BCUT2D eigenvalue weighted by Crippen LogP contribution is -2.11. The van der Waals surface area contributed by atoms with Gasteiger partial charge in [0.1, 0.15) is 11.2 Å². The van der Waals surface area contributed by atoms with Crippen molar-refractivity contribution < 1.29 is 22.1 Å². The molecule has 5 nitrogen and oxygen atoms in total. The third-order valence-electron chi connectivity index (χ3n) is 1.88. The van der Waals surface area contributed by atoms with Crippen LogP contribution in [0.3, 0.4) is 0 Å². The zero-order chi connectivity index (χ0) is 12.9. The second kappa shape index (κ2) is 5.49. The van der Waals surface area contributed by atoms with Crippen LogP contribution in [0.4, 0.5) is 0 Å². The van der Waals surface area contributed by atoms with E-state index in [0.717, 1.165) is 6.26 Å². The molecule has 92 valence electrons. The van der Waals surface area contributed by atoms with Gasteiger partial charge in [0.15, 0.2) is 0 Å². The maximum Gasteiger partial charge on any atom is 0.339 e. The third kappa shape index (κ3) is 3.07. The Morgan fingerprint density at radius 2 is 1.94 bits per heavy atom. The van der Waals surface area contributed by atoms with Gasteiger partial charge in [-0.15, -0.1) is 0 Å². The Kier molecular flexibility index (Phi) is 4.28. The molecule has 0 radical (unpaired) electrons. The van der Waals surface area contributed by atoms with E-state index in [0.29, 0.717) is 0 Å². The molecule has 0 fully saturated rings. The van der Waals surface area contributed by atoms with Crippen LogP contribution in [0, 0.1) is 0 Å². The quantitative estimate of drug-likeness (QED) is 0.466. The number of benzene rings is 1. The summed E-state index contributed by atoms with van der Waals surface area (Å²) in [6.07, 6.45) is 2.46. The van der Waals surface area contributed by atoms with Gasteiger partial charge in [-0.25, -0.2) is 4.79 Å². The fourth-order valence-corrected chi connectivity index (χ4v) is 2.17. The van der Waals surface area contributed by atoms with Crippen LogP contribution in [-0.4, -0.2) is 21.5 Å². The van der Waals surface area contributed by atoms with E-state index in [1.54, 1.807) is 13.0 Å². The van der Waals surface area contributed by atoms with Crippen LogP contribution in [0.25, 0.3) is 0 Å². The van der Waals surface area contributed by atoms with Crippen LogP contribution >= 0.6 is 0 Å². The van der Waals surface area contributed by atoms with E-state index in [9.17, 15) is 13.2 Å². The molecule has 1 aromatic carbocycles. The monoisotopic (exact) mass is 256 g/mol. The summed E-state index contributed by atoms with van der Waals surface area (Å²) in [5.74, 6) is -0.728. The van der Waals surface area contributed by atoms with Crippen LogP contribution in [-0.2, 0) is 19.0 Å². The molecule has 6 heteroatoms. The third-order valence-corrected chi connectivity index (χ3v) is 3.14. The molecule has 0 bridgehead atoms. The van der Waals surface area contributed by atoms with Crippen molar-refractivity contribution in [3.05, 3.63) is 42.2 Å². The number of methoxy groups -OCH3 is 1. The molecular formula is C11H12O5S. The molecule has 17 heavy (non-hydrogen) atoms. The highest BCUT2D eigenvalue weighted by atomic mass is 32.2. The van der Waals surface area contributed by atoms with Crippen molar-refractivity contribution in [1.82, 2.24) is 0 Å². The van der Waals surface area contributed by atoms with Gasteiger partial charge in [0.05, 0.1) is 12.7 Å². The molecule has 0 heterocycles. The number of rotatable bonds is 4. The average Bonchev–Trinajstić information content (AvgIpc) is 2.35. The summed E-state index contributed by atoms with van der Waals surface area (Å²) in [5.41, 5.74) is -0.0560. The highest BCUT2D eigenvalue weighted by Crippen LogP contribution is 2.18. The Morgan fingerprint density at radius 3 is 2.53 bits per heavy atom. The first-order valence-electron chi connectivity index (χ1n) is 4.74. The Labute approximate surface area is 99.8 Å². The molecule has 0 aromatic heterocycles. The van der Waals surface area contributed by atoms with Crippen LogP contribution < -0.4 is 0 Å². The SMILES string of the molecule is C/C=C/OS(=O)(=O)c1ccccc1C(=O)OC. The van der Waals surface area contributed by atoms with Crippen molar-refractivity contribution in [1.29, 1.82) is 0 Å². The lowest BCUT2D eigenvalue weighted by Gasteiger charge is -2.07. The Bertz CT molecular complexity index is 531. The molecule has 0 spiro atoms. The van der Waals surface area contributed by atoms with Crippen molar-refractivity contribution in [2.75, 3.05) is 7.11 Å². The largest absolute Gasteiger partial charge is 0.465 e. The Balaban J connectivity index is 3.27. The summed E-state index contributed by atoms with van der Waals surface area (Å²) >= 11 is 0. The summed E-state index contributed by atoms with van der Waals surface area (Å²) in [6, 6.07) is 5.68. The normalized spacial score (nSPS) is 11.4. The molecule has 0 saturated heterocycles. The van der Waals surface area contributed by atoms with E-state index in [-0.39, 0.29) is 10.5 Å². The first-order chi connectivity index (χ1) is 8.03. The standard InChI is InChI=1S/C11H12O5S/c1-3-8-16-17(13,14)10-7-5-4-6-9(10)11(12)15-2/h3-8H,1-2H3/b8-3+. The zero-order valence-electron chi connectivity index (χ0n) is 9.41. The minimum absolute atomic E-state index is 0.0560. The van der Waals surface area contributed by atoms with E-state index in [1.807, 2.05) is 0 Å². The summed E-state index contributed by atoms with van der Waals surface area (Å²) in [6.45, 7) is 1.61. The molecular weight excluding hydrogens is 244 g/mol. The molecule has 1 aromatic rings. The second-order valence-electron chi connectivity index (χ2n) is 3.01. The number of hydrogen-bond acceptors (Lipinski definition) is 5. The number of carbonyl (C=O) groups excluding carboxylic acids is 1. The van der Waals surface area contributed by atoms with Gasteiger partial charge in [-0.1, -0.05) is 18.2 Å². The highest BCUT2D eigenvalue weighted by molar-refractivity contribution is 7.87. The van der Waals surface area contributed by atoms with E-state index in [1.165, 1.54) is 31.4 Å². The fourth-order valence-electron chi connectivity index (χ4n) is 1.14. The maximum absolute atomic E-state index is 11.8. The highest BCUT2D eigenvalue weighted by Gasteiger charge is 2.23. The first-order valence-corrected chi connectivity index (χ1v) is 6.15. The van der Waals surface area contributed by atoms with Gasteiger partial charge < -0.3 is 8.92 Å². The number of allylic oxidation sites excluding steroid dienone is 1. The molecule has 0 N–H and O–H groups in total. The minimum Gasteiger partial charge on any atom is -0.465 e. The summed E-state index contributed by atoms with van der Waals surface area (Å²) in [5, 5.41) is 0. The van der Waals surface area contributed by atoms with Crippen molar-refractivity contribution in [2.45, 2.75) is 11.8 Å². The van der Waals surface area contributed by atoms with Crippen molar-refractivity contribution in [3.8, 4) is 0 Å². The number of esters is 1.